The third-order valence-electron chi connectivity index (χ3n) is 5.85. The molecule has 13 nitrogen and oxygen atoms in total. The Morgan fingerprint density at radius 1 is 0.872 bits per heavy atom. The van der Waals surface area contributed by atoms with Crippen molar-refractivity contribution in [3.63, 3.8) is 0 Å². The minimum absolute atomic E-state index is 0.0604. The van der Waals surface area contributed by atoms with Gasteiger partial charge in [-0.15, -0.1) is 0 Å². The van der Waals surface area contributed by atoms with E-state index in [1.165, 1.54) is 23.9 Å². The molecule has 0 saturated carbocycles. The Labute approximate surface area is 232 Å². The molecule has 4 unspecified atom stereocenters. The van der Waals surface area contributed by atoms with E-state index in [1.54, 1.807) is 12.1 Å². The summed E-state index contributed by atoms with van der Waals surface area (Å²) in [5.74, 6) is -3.43. The van der Waals surface area contributed by atoms with E-state index in [2.05, 4.69) is 16.0 Å². The van der Waals surface area contributed by atoms with E-state index in [-0.39, 0.29) is 37.9 Å². The highest BCUT2D eigenvalue weighted by Gasteiger charge is 2.30. The van der Waals surface area contributed by atoms with Gasteiger partial charge < -0.3 is 43.4 Å². The summed E-state index contributed by atoms with van der Waals surface area (Å²) in [6, 6.07) is 1.62. The van der Waals surface area contributed by atoms with Gasteiger partial charge in [-0.1, -0.05) is 12.1 Å². The lowest BCUT2D eigenvalue weighted by Gasteiger charge is -2.25. The Hall–Kier alpha value is -3.36. The number of amides is 4. The highest BCUT2D eigenvalue weighted by Crippen LogP contribution is 2.11. The first-order valence-corrected chi connectivity index (χ1v) is 14.0. The minimum atomic E-state index is -1.22. The van der Waals surface area contributed by atoms with Crippen molar-refractivity contribution in [1.29, 1.82) is 0 Å². The standard InChI is InChI=1S/C25H40N6O7S/c1-39-13-11-19(24(36)31-20(25(37)38)4-2-3-12-26)30-23(35)18(9-10-21(28)33)29-22(34)17(27)14-15-5-7-16(32)8-6-15/h5-8,17-20,32H,2-4,9-14,26-27H2,1H3,(H2,28,33)(H,29,34)(H,30,35)(H,31,36)(H,37,38). The number of phenolic OH excluding ortho intramolecular Hbond substituents is 1. The van der Waals surface area contributed by atoms with E-state index >= 15 is 0 Å². The molecule has 218 valence electrons. The SMILES string of the molecule is CSCCC(NC(=O)C(CCC(N)=O)NC(=O)C(N)Cc1ccc(O)cc1)C(=O)NC(CCCCN)C(=O)O. The number of aromatic hydroxyl groups is 1. The predicted octanol–water partition coefficient (Wildman–Crippen LogP) is -1.05. The summed E-state index contributed by atoms with van der Waals surface area (Å²) in [7, 11) is 0. The molecule has 1 aromatic rings. The van der Waals surface area contributed by atoms with Crippen LogP contribution in [0.2, 0.25) is 0 Å². The van der Waals surface area contributed by atoms with Gasteiger partial charge in [0.2, 0.25) is 23.6 Å². The zero-order valence-electron chi connectivity index (χ0n) is 22.1. The maximum atomic E-state index is 13.2. The van der Waals surface area contributed by atoms with Crippen molar-refractivity contribution in [1.82, 2.24) is 16.0 Å². The van der Waals surface area contributed by atoms with E-state index in [4.69, 9.17) is 17.2 Å². The minimum Gasteiger partial charge on any atom is -0.508 e. The molecule has 4 amide bonds. The first-order valence-electron chi connectivity index (χ1n) is 12.6. The second kappa shape index (κ2) is 18.0. The molecule has 14 heteroatoms. The second-order valence-corrected chi connectivity index (χ2v) is 10.1. The lowest BCUT2D eigenvalue weighted by Crippen LogP contribution is -2.57. The number of thioether (sulfide) groups is 1. The molecule has 1 rings (SSSR count). The van der Waals surface area contributed by atoms with Crippen LogP contribution in [-0.4, -0.2) is 82.5 Å². The summed E-state index contributed by atoms with van der Waals surface area (Å²) in [6.45, 7) is 0.393. The second-order valence-electron chi connectivity index (χ2n) is 9.07. The number of benzene rings is 1. The molecular formula is C25H40N6O7S. The number of nitrogens with one attached hydrogen (secondary N) is 3. The molecule has 0 heterocycles. The zero-order valence-corrected chi connectivity index (χ0v) is 22.9. The Balaban J connectivity index is 2.96. The van der Waals surface area contributed by atoms with Gasteiger partial charge in [0.1, 0.15) is 23.9 Å². The molecule has 0 aliphatic rings. The summed E-state index contributed by atoms with van der Waals surface area (Å²) < 4.78 is 0. The molecule has 0 bridgehead atoms. The molecule has 0 fully saturated rings. The summed E-state index contributed by atoms with van der Waals surface area (Å²) >= 11 is 1.43. The zero-order chi connectivity index (χ0) is 29.4. The Morgan fingerprint density at radius 2 is 1.44 bits per heavy atom. The number of carboxylic acid groups (broad SMARTS) is 1. The van der Waals surface area contributed by atoms with Crippen LogP contribution in [0, 0.1) is 0 Å². The van der Waals surface area contributed by atoms with Gasteiger partial charge >= 0.3 is 5.97 Å². The van der Waals surface area contributed by atoms with Crippen molar-refractivity contribution in [2.24, 2.45) is 17.2 Å². The first kappa shape index (κ1) is 33.7. The average molecular weight is 569 g/mol. The molecule has 0 saturated heterocycles. The molecule has 0 aliphatic heterocycles. The van der Waals surface area contributed by atoms with Crippen molar-refractivity contribution >= 4 is 41.4 Å². The van der Waals surface area contributed by atoms with Crippen LogP contribution in [0.15, 0.2) is 24.3 Å². The lowest BCUT2D eigenvalue weighted by molar-refractivity contribution is -0.142. The summed E-state index contributed by atoms with van der Waals surface area (Å²) in [5, 5.41) is 26.5. The van der Waals surface area contributed by atoms with Crippen molar-refractivity contribution in [2.75, 3.05) is 18.6 Å². The van der Waals surface area contributed by atoms with Crippen LogP contribution in [0.4, 0.5) is 0 Å². The van der Waals surface area contributed by atoms with Crippen LogP contribution < -0.4 is 33.2 Å². The van der Waals surface area contributed by atoms with Crippen LogP contribution >= 0.6 is 11.8 Å². The van der Waals surface area contributed by atoms with Gasteiger partial charge in [0, 0.05) is 6.42 Å². The molecule has 1 aromatic carbocycles. The number of hydrogen-bond acceptors (Lipinski definition) is 9. The fourth-order valence-corrected chi connectivity index (χ4v) is 4.08. The van der Waals surface area contributed by atoms with Gasteiger partial charge in [0.15, 0.2) is 0 Å². The third kappa shape index (κ3) is 13.3. The highest BCUT2D eigenvalue weighted by molar-refractivity contribution is 7.98. The van der Waals surface area contributed by atoms with Crippen molar-refractivity contribution < 1.29 is 34.2 Å². The molecule has 39 heavy (non-hydrogen) atoms. The fourth-order valence-electron chi connectivity index (χ4n) is 3.61. The van der Waals surface area contributed by atoms with Gasteiger partial charge in [-0.25, -0.2) is 4.79 Å². The third-order valence-corrected chi connectivity index (χ3v) is 6.49. The first-order chi connectivity index (χ1) is 18.5. The topological polar surface area (TPSA) is 240 Å². The van der Waals surface area contributed by atoms with Crippen LogP contribution in [0.1, 0.15) is 44.1 Å². The van der Waals surface area contributed by atoms with Gasteiger partial charge in [-0.3, -0.25) is 19.2 Å². The number of hydrogen-bond donors (Lipinski definition) is 8. The molecule has 11 N–H and O–H groups in total. The number of aliphatic carboxylic acids is 1. The van der Waals surface area contributed by atoms with Crippen LogP contribution in [0.5, 0.6) is 5.75 Å². The number of nitrogens with two attached hydrogens (primary N) is 3. The van der Waals surface area contributed by atoms with E-state index in [0.717, 1.165) is 0 Å². The predicted molar refractivity (Wildman–Crippen MR) is 148 cm³/mol. The maximum Gasteiger partial charge on any atom is 0.326 e. The van der Waals surface area contributed by atoms with Crippen molar-refractivity contribution in [2.45, 2.75) is 69.1 Å². The van der Waals surface area contributed by atoms with E-state index in [0.29, 0.717) is 30.7 Å². The van der Waals surface area contributed by atoms with E-state index in [1.807, 2.05) is 6.26 Å². The smallest absolute Gasteiger partial charge is 0.326 e. The van der Waals surface area contributed by atoms with Gasteiger partial charge in [-0.2, -0.15) is 11.8 Å². The number of unbranched alkanes of at least 4 members (excludes halogenated alkanes) is 1. The van der Waals surface area contributed by atoms with Crippen LogP contribution in [0.3, 0.4) is 0 Å². The van der Waals surface area contributed by atoms with E-state index < -0.39 is 53.8 Å². The Kier molecular flexibility index (Phi) is 15.6. The lowest BCUT2D eigenvalue weighted by atomic mass is 10.0. The number of carbonyl (C=O) groups is 5. The van der Waals surface area contributed by atoms with Crippen LogP contribution in [-0.2, 0) is 30.4 Å². The molecule has 0 radical (unpaired) electrons. The largest absolute Gasteiger partial charge is 0.508 e. The summed E-state index contributed by atoms with van der Waals surface area (Å²) in [5.41, 5.74) is 17.4. The quantitative estimate of drug-likeness (QED) is 0.0941. The number of carboxylic acids is 1. The van der Waals surface area contributed by atoms with Gasteiger partial charge in [0.25, 0.3) is 0 Å². The maximum absolute atomic E-state index is 13.2. The van der Waals surface area contributed by atoms with Crippen LogP contribution in [0.25, 0.3) is 0 Å². The van der Waals surface area contributed by atoms with Crippen molar-refractivity contribution in [3.05, 3.63) is 29.8 Å². The van der Waals surface area contributed by atoms with E-state index in [9.17, 15) is 34.2 Å². The normalized spacial score (nSPS) is 13.9. The average Bonchev–Trinajstić information content (AvgIpc) is 2.88. The summed E-state index contributed by atoms with van der Waals surface area (Å²) in [6.07, 6.45) is 3.07. The molecular weight excluding hydrogens is 528 g/mol. The van der Waals surface area contributed by atoms with Crippen molar-refractivity contribution in [3.8, 4) is 5.75 Å². The highest BCUT2D eigenvalue weighted by atomic mass is 32.2. The number of phenols is 1. The van der Waals surface area contributed by atoms with Gasteiger partial charge in [-0.05, 0) is 74.8 Å². The molecule has 0 aromatic heterocycles. The number of rotatable bonds is 19. The number of carbonyl (C=O) groups excluding carboxylic acids is 4. The molecule has 4 atom stereocenters. The fraction of sp³-hybridized carbons (Fsp3) is 0.560. The van der Waals surface area contributed by atoms with Gasteiger partial charge in [0.05, 0.1) is 6.04 Å². The Morgan fingerprint density at radius 3 is 1.97 bits per heavy atom. The molecule has 0 spiro atoms. The molecule has 0 aliphatic carbocycles. The summed E-state index contributed by atoms with van der Waals surface area (Å²) in [4.78, 5) is 61.9. The monoisotopic (exact) mass is 568 g/mol. The number of primary amides is 1. The Bertz CT molecular complexity index is 963.